The fourth-order valence-electron chi connectivity index (χ4n) is 0.817. The van der Waals surface area contributed by atoms with Crippen molar-refractivity contribution in [2.45, 2.75) is 13.0 Å². The van der Waals surface area contributed by atoms with Crippen LogP contribution in [0.15, 0.2) is 10.5 Å². The van der Waals surface area contributed by atoms with E-state index >= 15 is 0 Å². The van der Waals surface area contributed by atoms with E-state index in [1.807, 2.05) is 0 Å². The van der Waals surface area contributed by atoms with E-state index in [0.717, 1.165) is 0 Å². The number of alkyl halides is 2. The van der Waals surface area contributed by atoms with Gasteiger partial charge in [-0.05, 0) is 22.0 Å². The molecule has 0 fully saturated rings. The first-order valence-electron chi connectivity index (χ1n) is 3.39. The summed E-state index contributed by atoms with van der Waals surface area (Å²) in [4.78, 5) is 3.61. The molecule has 0 atom stereocenters. The summed E-state index contributed by atoms with van der Waals surface area (Å²) in [7, 11) is 0. The monoisotopic (exact) mass is 270 g/mol. The molecular weight excluding hydrogens is 265 g/mol. The van der Waals surface area contributed by atoms with Crippen molar-refractivity contribution in [1.29, 1.82) is 0 Å². The van der Waals surface area contributed by atoms with Crippen LogP contribution < -0.4 is 5.73 Å². The van der Waals surface area contributed by atoms with Crippen molar-refractivity contribution in [3.05, 3.63) is 26.9 Å². The van der Waals surface area contributed by atoms with Gasteiger partial charge in [0.25, 0.3) is 6.43 Å². The van der Waals surface area contributed by atoms with E-state index in [0.29, 0.717) is 10.2 Å². The average molecular weight is 271 g/mol. The van der Waals surface area contributed by atoms with Crippen LogP contribution in [-0.4, -0.2) is 4.98 Å². The molecule has 2 nitrogen and oxygen atoms in total. The summed E-state index contributed by atoms with van der Waals surface area (Å²) < 4.78 is 25.0. The highest BCUT2D eigenvalue weighted by Crippen LogP contribution is 2.31. The van der Waals surface area contributed by atoms with Gasteiger partial charge in [0.2, 0.25) is 0 Å². The number of hydrogen-bond donors (Lipinski definition) is 1. The normalized spacial score (nSPS) is 10.9. The van der Waals surface area contributed by atoms with Gasteiger partial charge in [-0.2, -0.15) is 0 Å². The summed E-state index contributed by atoms with van der Waals surface area (Å²) in [5.41, 5.74) is 5.21. The molecule has 1 aromatic rings. The van der Waals surface area contributed by atoms with E-state index in [1.54, 1.807) is 0 Å². The van der Waals surface area contributed by atoms with Crippen molar-refractivity contribution in [3.63, 3.8) is 0 Å². The molecule has 1 heterocycles. The third kappa shape index (κ3) is 2.36. The van der Waals surface area contributed by atoms with Crippen molar-refractivity contribution in [2.24, 2.45) is 5.73 Å². The summed E-state index contributed by atoms with van der Waals surface area (Å²) in [5.74, 6) is 0. The molecule has 6 heteroatoms. The van der Waals surface area contributed by atoms with Crippen LogP contribution in [0.25, 0.3) is 0 Å². The lowest BCUT2D eigenvalue weighted by Gasteiger charge is -2.06. The van der Waals surface area contributed by atoms with Gasteiger partial charge in [-0.1, -0.05) is 11.6 Å². The van der Waals surface area contributed by atoms with Gasteiger partial charge in [0.1, 0.15) is 5.69 Å². The molecule has 0 radical (unpaired) electrons. The molecule has 0 aliphatic carbocycles. The number of hydrogen-bond acceptors (Lipinski definition) is 2. The van der Waals surface area contributed by atoms with Crippen molar-refractivity contribution in [2.75, 3.05) is 0 Å². The first-order valence-corrected chi connectivity index (χ1v) is 4.56. The van der Waals surface area contributed by atoms with Gasteiger partial charge in [0, 0.05) is 11.0 Å². The summed E-state index contributed by atoms with van der Waals surface area (Å²) in [6.07, 6.45) is -2.68. The summed E-state index contributed by atoms with van der Waals surface area (Å²) >= 11 is 8.63. The summed E-state index contributed by atoms with van der Waals surface area (Å²) in [6.45, 7) is 0.107. The van der Waals surface area contributed by atoms with E-state index in [-0.39, 0.29) is 11.6 Å². The highest BCUT2D eigenvalue weighted by atomic mass is 79.9. The topological polar surface area (TPSA) is 38.9 Å². The first-order chi connectivity index (χ1) is 6.06. The maximum atomic E-state index is 12.3. The Bertz CT molecular complexity index is 320. The Hall–Kier alpha value is -0.260. The Morgan fingerprint density at radius 3 is 2.69 bits per heavy atom. The van der Waals surface area contributed by atoms with E-state index < -0.39 is 12.1 Å². The molecule has 0 aromatic carbocycles. The Morgan fingerprint density at radius 2 is 2.23 bits per heavy atom. The summed E-state index contributed by atoms with van der Waals surface area (Å²) in [6, 6.07) is 1.52. The van der Waals surface area contributed by atoms with Crippen LogP contribution in [0.5, 0.6) is 0 Å². The Morgan fingerprint density at radius 1 is 1.62 bits per heavy atom. The van der Waals surface area contributed by atoms with Crippen LogP contribution in [0.2, 0.25) is 5.02 Å². The number of pyridine rings is 1. The van der Waals surface area contributed by atoms with Crippen LogP contribution in [-0.2, 0) is 6.54 Å². The molecule has 1 rings (SSSR count). The second-order valence-corrected chi connectivity index (χ2v) is 3.53. The second-order valence-electron chi connectivity index (χ2n) is 2.30. The zero-order valence-electron chi connectivity index (χ0n) is 6.40. The van der Waals surface area contributed by atoms with E-state index in [2.05, 4.69) is 20.9 Å². The Kier molecular flexibility index (Phi) is 3.58. The second kappa shape index (κ2) is 4.30. The minimum atomic E-state index is -2.68. The molecular formula is C7H6BrClF2N2. The molecule has 0 spiro atoms. The molecule has 0 saturated heterocycles. The fourth-order valence-corrected chi connectivity index (χ4v) is 1.46. The van der Waals surface area contributed by atoms with Crippen molar-refractivity contribution in [3.8, 4) is 0 Å². The van der Waals surface area contributed by atoms with Crippen molar-refractivity contribution >= 4 is 27.5 Å². The van der Waals surface area contributed by atoms with Gasteiger partial charge in [0.05, 0.1) is 10.7 Å². The quantitative estimate of drug-likeness (QED) is 0.898. The van der Waals surface area contributed by atoms with Gasteiger partial charge in [-0.25, -0.2) is 13.8 Å². The minimum absolute atomic E-state index is 0.0628. The van der Waals surface area contributed by atoms with E-state index in [4.69, 9.17) is 17.3 Å². The molecule has 0 bridgehead atoms. The number of nitrogens with zero attached hydrogens (tertiary/aromatic N) is 1. The lowest BCUT2D eigenvalue weighted by Crippen LogP contribution is -2.03. The molecule has 72 valence electrons. The highest BCUT2D eigenvalue weighted by molar-refractivity contribution is 9.10. The molecule has 0 aliphatic rings. The van der Waals surface area contributed by atoms with Crippen molar-refractivity contribution < 1.29 is 8.78 Å². The average Bonchev–Trinajstić information content (AvgIpc) is 2.09. The molecule has 0 aliphatic heterocycles. The minimum Gasteiger partial charge on any atom is -0.325 e. The number of aromatic nitrogens is 1. The van der Waals surface area contributed by atoms with Gasteiger partial charge >= 0.3 is 0 Å². The van der Waals surface area contributed by atoms with Gasteiger partial charge in [0.15, 0.2) is 0 Å². The molecule has 0 saturated carbocycles. The highest BCUT2D eigenvalue weighted by Gasteiger charge is 2.17. The molecule has 13 heavy (non-hydrogen) atoms. The van der Waals surface area contributed by atoms with Crippen LogP contribution in [0.1, 0.15) is 17.8 Å². The number of rotatable bonds is 2. The van der Waals surface area contributed by atoms with Gasteiger partial charge in [-0.3, -0.25) is 0 Å². The predicted molar refractivity (Wildman–Crippen MR) is 49.8 cm³/mol. The first kappa shape index (κ1) is 10.8. The maximum Gasteiger partial charge on any atom is 0.281 e. The standard InChI is InChI=1S/C7H6BrClF2N2/c8-4-1-3(2-12)13-6(5(4)9)7(10)11/h1,7H,2,12H2. The maximum absolute atomic E-state index is 12.3. The third-order valence-corrected chi connectivity index (χ3v) is 2.66. The van der Waals surface area contributed by atoms with Crippen molar-refractivity contribution in [1.82, 2.24) is 4.98 Å². The van der Waals surface area contributed by atoms with E-state index in [1.165, 1.54) is 6.07 Å². The Balaban J connectivity index is 3.25. The fraction of sp³-hybridized carbons (Fsp3) is 0.286. The zero-order chi connectivity index (χ0) is 10.0. The van der Waals surface area contributed by atoms with Crippen LogP contribution >= 0.6 is 27.5 Å². The van der Waals surface area contributed by atoms with Crippen LogP contribution in [0.4, 0.5) is 8.78 Å². The van der Waals surface area contributed by atoms with Gasteiger partial charge in [-0.15, -0.1) is 0 Å². The lowest BCUT2D eigenvalue weighted by atomic mass is 10.3. The number of halogens is 4. The number of nitrogens with two attached hydrogens (primary N) is 1. The van der Waals surface area contributed by atoms with Crippen LogP contribution in [0, 0.1) is 0 Å². The molecule has 0 unspecified atom stereocenters. The van der Waals surface area contributed by atoms with Crippen LogP contribution in [0.3, 0.4) is 0 Å². The predicted octanol–water partition coefficient (Wildman–Crippen LogP) is 2.89. The van der Waals surface area contributed by atoms with E-state index in [9.17, 15) is 8.78 Å². The lowest BCUT2D eigenvalue weighted by molar-refractivity contribution is 0.146. The zero-order valence-corrected chi connectivity index (χ0v) is 8.74. The largest absolute Gasteiger partial charge is 0.325 e. The third-order valence-electron chi connectivity index (χ3n) is 1.41. The summed E-state index contributed by atoms with van der Waals surface area (Å²) in [5, 5.41) is -0.0628. The smallest absolute Gasteiger partial charge is 0.281 e. The molecule has 1 aromatic heterocycles. The SMILES string of the molecule is NCc1cc(Br)c(Cl)c(C(F)F)n1. The Labute approximate surface area is 87.2 Å². The van der Waals surface area contributed by atoms with Gasteiger partial charge < -0.3 is 5.73 Å². The molecule has 0 amide bonds. The molecule has 2 N–H and O–H groups in total.